The van der Waals surface area contributed by atoms with Crippen LogP contribution in [0.1, 0.15) is 24.8 Å². The average molecular weight is 339 g/mol. The maximum absolute atomic E-state index is 12.5. The Hall–Kier alpha value is -1.52. The van der Waals surface area contributed by atoms with E-state index in [4.69, 9.17) is 23.2 Å². The zero-order valence-corrected chi connectivity index (χ0v) is 13.7. The quantitative estimate of drug-likeness (QED) is 0.777. The summed E-state index contributed by atoms with van der Waals surface area (Å²) >= 11 is 12.2. The highest BCUT2D eigenvalue weighted by Gasteiger charge is 2.40. The molecule has 116 valence electrons. The van der Waals surface area contributed by atoms with Crippen LogP contribution in [0, 0.1) is 0 Å². The van der Waals surface area contributed by atoms with Gasteiger partial charge in [-0.15, -0.1) is 0 Å². The molecular weight excluding hydrogens is 323 g/mol. The summed E-state index contributed by atoms with van der Waals surface area (Å²) in [5, 5.41) is 0.882. The maximum Gasteiger partial charge on any atom is 0.277 e. The highest BCUT2D eigenvalue weighted by molar-refractivity contribution is 6.41. The number of hydrogen-bond acceptors (Lipinski definition) is 3. The van der Waals surface area contributed by atoms with Gasteiger partial charge in [-0.2, -0.15) is 0 Å². The van der Waals surface area contributed by atoms with Crippen molar-refractivity contribution in [3.63, 3.8) is 0 Å². The standard InChI is InChI=1S/C16H16Cl2N2O2/c1-19-15(21)13(11-6-5-10(17)9-12(11)18)14(16(19)22)20-7-3-2-4-8-20/h5-6,9H,2-4,7-8H2,1H3. The van der Waals surface area contributed by atoms with E-state index in [1.165, 1.54) is 7.05 Å². The lowest BCUT2D eigenvalue weighted by atomic mass is 10.0. The summed E-state index contributed by atoms with van der Waals surface area (Å²) in [7, 11) is 1.51. The van der Waals surface area contributed by atoms with Gasteiger partial charge in [0.25, 0.3) is 11.8 Å². The molecule has 0 N–H and O–H groups in total. The van der Waals surface area contributed by atoms with E-state index >= 15 is 0 Å². The van der Waals surface area contributed by atoms with Crippen LogP contribution in [-0.2, 0) is 9.59 Å². The smallest absolute Gasteiger partial charge is 0.277 e. The van der Waals surface area contributed by atoms with E-state index in [0.29, 0.717) is 26.9 Å². The molecule has 0 radical (unpaired) electrons. The first-order valence-corrected chi connectivity index (χ1v) is 8.03. The minimum atomic E-state index is -0.310. The van der Waals surface area contributed by atoms with Crippen LogP contribution in [0.3, 0.4) is 0 Å². The summed E-state index contributed by atoms with van der Waals surface area (Å²) < 4.78 is 0. The SMILES string of the molecule is CN1C(=O)C(c2ccc(Cl)cc2Cl)=C(N2CCCCC2)C1=O. The van der Waals surface area contributed by atoms with E-state index in [9.17, 15) is 9.59 Å². The van der Waals surface area contributed by atoms with Gasteiger partial charge in [0.05, 0.1) is 10.6 Å². The fourth-order valence-electron chi connectivity index (χ4n) is 2.97. The Morgan fingerprint density at radius 2 is 1.68 bits per heavy atom. The first-order chi connectivity index (χ1) is 10.5. The van der Waals surface area contributed by atoms with Gasteiger partial charge in [-0.1, -0.05) is 29.3 Å². The van der Waals surface area contributed by atoms with Gasteiger partial charge in [0.1, 0.15) is 5.70 Å². The Morgan fingerprint density at radius 3 is 2.32 bits per heavy atom. The normalized spacial score (nSPS) is 19.4. The number of hydrogen-bond donors (Lipinski definition) is 0. The van der Waals surface area contributed by atoms with E-state index in [1.54, 1.807) is 18.2 Å². The van der Waals surface area contributed by atoms with Crippen molar-refractivity contribution in [1.29, 1.82) is 0 Å². The van der Waals surface area contributed by atoms with Gasteiger partial charge in [0.15, 0.2) is 0 Å². The molecule has 1 aromatic rings. The molecule has 2 aliphatic rings. The Kier molecular flexibility index (Phi) is 4.15. The fraction of sp³-hybridized carbons (Fsp3) is 0.375. The number of carbonyl (C=O) groups is 2. The molecule has 3 rings (SSSR count). The molecule has 1 saturated heterocycles. The van der Waals surface area contributed by atoms with Crippen molar-refractivity contribution < 1.29 is 9.59 Å². The number of rotatable bonds is 2. The number of carbonyl (C=O) groups excluding carboxylic acids is 2. The van der Waals surface area contributed by atoms with Gasteiger partial charge in [-0.25, -0.2) is 0 Å². The summed E-state index contributed by atoms with van der Waals surface area (Å²) in [6, 6.07) is 4.98. The highest BCUT2D eigenvalue weighted by Crippen LogP contribution is 2.36. The predicted molar refractivity (Wildman–Crippen MR) is 86.6 cm³/mol. The van der Waals surface area contributed by atoms with Crippen LogP contribution in [0.5, 0.6) is 0 Å². The van der Waals surface area contributed by atoms with Crippen molar-refractivity contribution >= 4 is 40.6 Å². The highest BCUT2D eigenvalue weighted by atomic mass is 35.5. The third kappa shape index (κ3) is 2.50. The molecule has 22 heavy (non-hydrogen) atoms. The molecule has 2 heterocycles. The van der Waals surface area contributed by atoms with Crippen LogP contribution in [0.25, 0.3) is 5.57 Å². The third-order valence-electron chi connectivity index (χ3n) is 4.14. The zero-order chi connectivity index (χ0) is 15.9. The van der Waals surface area contributed by atoms with Gasteiger partial charge in [0.2, 0.25) is 0 Å². The summed E-state index contributed by atoms with van der Waals surface area (Å²) in [6.07, 6.45) is 3.20. The molecule has 6 heteroatoms. The largest absolute Gasteiger partial charge is 0.366 e. The second-order valence-corrected chi connectivity index (χ2v) is 6.41. The Morgan fingerprint density at radius 1 is 1.00 bits per heavy atom. The molecule has 0 aromatic heterocycles. The number of amides is 2. The fourth-order valence-corrected chi connectivity index (χ4v) is 3.48. The molecule has 0 bridgehead atoms. The molecule has 4 nitrogen and oxygen atoms in total. The third-order valence-corrected chi connectivity index (χ3v) is 4.68. The molecule has 1 fully saturated rings. The van der Waals surface area contributed by atoms with Crippen molar-refractivity contribution in [3.8, 4) is 0 Å². The summed E-state index contributed by atoms with van der Waals surface area (Å²) in [6.45, 7) is 1.58. The lowest BCUT2D eigenvalue weighted by Crippen LogP contribution is -2.35. The van der Waals surface area contributed by atoms with Gasteiger partial charge in [0, 0.05) is 30.7 Å². The number of piperidine rings is 1. The van der Waals surface area contributed by atoms with Gasteiger partial charge in [-0.3, -0.25) is 14.5 Å². The number of halogens is 2. The van der Waals surface area contributed by atoms with Crippen LogP contribution >= 0.6 is 23.2 Å². The van der Waals surface area contributed by atoms with Crippen molar-refractivity contribution in [1.82, 2.24) is 9.80 Å². The van der Waals surface area contributed by atoms with Crippen LogP contribution < -0.4 is 0 Å². The Labute approximate surface area is 139 Å². The maximum atomic E-state index is 12.5. The molecule has 0 atom stereocenters. The lowest BCUT2D eigenvalue weighted by molar-refractivity contribution is -0.136. The van der Waals surface area contributed by atoms with Crippen LogP contribution in [0.4, 0.5) is 0 Å². The number of benzene rings is 1. The molecule has 0 spiro atoms. The lowest BCUT2D eigenvalue weighted by Gasteiger charge is -2.29. The van der Waals surface area contributed by atoms with Crippen LogP contribution in [-0.4, -0.2) is 41.8 Å². The van der Waals surface area contributed by atoms with Crippen molar-refractivity contribution in [3.05, 3.63) is 39.5 Å². The topological polar surface area (TPSA) is 40.6 Å². The van der Waals surface area contributed by atoms with E-state index in [1.807, 2.05) is 4.90 Å². The number of likely N-dealkylation sites (N-methyl/N-ethyl adjacent to an activating group) is 1. The first kappa shape index (κ1) is 15.4. The molecule has 0 saturated carbocycles. The van der Waals surface area contributed by atoms with Gasteiger partial charge < -0.3 is 4.90 Å². The first-order valence-electron chi connectivity index (χ1n) is 7.27. The Balaban J connectivity index is 2.14. The van der Waals surface area contributed by atoms with Crippen LogP contribution in [0.15, 0.2) is 23.9 Å². The van der Waals surface area contributed by atoms with Gasteiger partial charge >= 0.3 is 0 Å². The Bertz CT molecular complexity index is 679. The van der Waals surface area contributed by atoms with Crippen molar-refractivity contribution in [2.45, 2.75) is 19.3 Å². The number of imide groups is 1. The number of likely N-dealkylation sites (tertiary alicyclic amines) is 1. The number of nitrogens with zero attached hydrogens (tertiary/aromatic N) is 2. The molecule has 0 aliphatic carbocycles. The zero-order valence-electron chi connectivity index (χ0n) is 12.2. The van der Waals surface area contributed by atoms with E-state index < -0.39 is 0 Å². The monoisotopic (exact) mass is 338 g/mol. The molecule has 1 aromatic carbocycles. The van der Waals surface area contributed by atoms with E-state index in [-0.39, 0.29) is 11.8 Å². The van der Waals surface area contributed by atoms with Crippen molar-refractivity contribution in [2.75, 3.05) is 20.1 Å². The van der Waals surface area contributed by atoms with Gasteiger partial charge in [-0.05, 0) is 31.4 Å². The molecule has 2 aliphatic heterocycles. The van der Waals surface area contributed by atoms with E-state index in [2.05, 4.69) is 0 Å². The second kappa shape index (κ2) is 5.94. The summed E-state index contributed by atoms with van der Waals surface area (Å²) in [4.78, 5) is 28.2. The van der Waals surface area contributed by atoms with Crippen LogP contribution in [0.2, 0.25) is 10.0 Å². The molecule has 2 amide bonds. The van der Waals surface area contributed by atoms with Crippen molar-refractivity contribution in [2.24, 2.45) is 0 Å². The summed E-state index contributed by atoms with van der Waals surface area (Å²) in [5.74, 6) is -0.567. The second-order valence-electron chi connectivity index (χ2n) is 5.56. The minimum Gasteiger partial charge on any atom is -0.366 e. The summed E-state index contributed by atoms with van der Waals surface area (Å²) in [5.41, 5.74) is 1.42. The minimum absolute atomic E-state index is 0.257. The molecular formula is C16H16Cl2N2O2. The average Bonchev–Trinajstić information content (AvgIpc) is 2.73. The van der Waals surface area contributed by atoms with E-state index in [0.717, 1.165) is 37.3 Å². The predicted octanol–water partition coefficient (Wildman–Crippen LogP) is 3.19. The molecule has 0 unspecified atom stereocenters.